The van der Waals surface area contributed by atoms with Gasteiger partial charge in [0.1, 0.15) is 0 Å². The van der Waals surface area contributed by atoms with Gasteiger partial charge in [-0.25, -0.2) is 0 Å². The van der Waals surface area contributed by atoms with Crippen LogP contribution in [0.5, 0.6) is 0 Å². The van der Waals surface area contributed by atoms with Crippen LogP contribution < -0.4 is 10.0 Å². The molecule has 1 amide bonds. The third kappa shape index (κ3) is 5.27. The number of nitrogens with one attached hydrogen (secondary N) is 1. The number of aromatic nitrogens is 1. The number of carbonyl (C=O) groups is 1. The fraction of sp³-hybridized carbons (Fsp3) is 0.368. The molecule has 1 saturated heterocycles. The molecular formula is C19H24N4O2. The molecule has 6 heteroatoms. The predicted octanol–water partition coefficient (Wildman–Crippen LogP) is 0.868. The molecule has 1 aliphatic heterocycles. The highest BCUT2D eigenvalue weighted by atomic mass is 16.5. The van der Waals surface area contributed by atoms with Crippen LogP contribution in [0.25, 0.3) is 0 Å². The Kier molecular flexibility index (Phi) is 5.98. The first-order valence-corrected chi connectivity index (χ1v) is 8.66. The van der Waals surface area contributed by atoms with Crippen molar-refractivity contribution in [1.82, 2.24) is 15.1 Å². The van der Waals surface area contributed by atoms with Crippen LogP contribution in [0.15, 0.2) is 54.9 Å². The molecule has 1 N–H and O–H groups in total. The third-order valence-electron chi connectivity index (χ3n) is 4.49. The van der Waals surface area contributed by atoms with E-state index in [1.54, 1.807) is 0 Å². The van der Waals surface area contributed by atoms with Gasteiger partial charge in [0.25, 0.3) is 5.91 Å². The molecule has 0 unspecified atom stereocenters. The largest absolute Gasteiger partial charge is 0.619 e. The molecule has 0 radical (unpaired) electrons. The summed E-state index contributed by atoms with van der Waals surface area (Å²) in [6.45, 7) is 6.59. The molecule has 0 aliphatic carbocycles. The van der Waals surface area contributed by atoms with Crippen molar-refractivity contribution in [3.63, 3.8) is 0 Å². The number of nitrogens with zero attached hydrogens (tertiary/aromatic N) is 3. The summed E-state index contributed by atoms with van der Waals surface area (Å²) in [4.78, 5) is 16.8. The molecular weight excluding hydrogens is 316 g/mol. The molecule has 1 aliphatic rings. The summed E-state index contributed by atoms with van der Waals surface area (Å²) >= 11 is 0. The smallest absolute Gasteiger partial charge is 0.251 e. The van der Waals surface area contributed by atoms with Gasteiger partial charge in [0.2, 0.25) is 0 Å². The number of amides is 1. The number of pyridine rings is 1. The molecule has 0 saturated carbocycles. The van der Waals surface area contributed by atoms with E-state index in [9.17, 15) is 10.0 Å². The molecule has 2 aromatic rings. The van der Waals surface area contributed by atoms with Crippen molar-refractivity contribution in [3.05, 3.63) is 71.2 Å². The summed E-state index contributed by atoms with van der Waals surface area (Å²) in [6, 6.07) is 13.6. The highest BCUT2D eigenvalue weighted by molar-refractivity contribution is 5.93. The Hall–Kier alpha value is -2.44. The van der Waals surface area contributed by atoms with Crippen LogP contribution in [-0.2, 0) is 6.54 Å². The van der Waals surface area contributed by atoms with Gasteiger partial charge in [-0.2, -0.15) is 4.73 Å². The first-order chi connectivity index (χ1) is 12.2. The quantitative estimate of drug-likeness (QED) is 0.626. The fourth-order valence-corrected chi connectivity index (χ4v) is 3.01. The fourth-order valence-electron chi connectivity index (χ4n) is 3.01. The van der Waals surface area contributed by atoms with Gasteiger partial charge >= 0.3 is 0 Å². The van der Waals surface area contributed by atoms with Crippen molar-refractivity contribution in [2.75, 3.05) is 39.3 Å². The summed E-state index contributed by atoms with van der Waals surface area (Å²) in [5, 5.41) is 13.9. The molecule has 0 atom stereocenters. The Morgan fingerprint density at radius 2 is 1.64 bits per heavy atom. The van der Waals surface area contributed by atoms with Crippen molar-refractivity contribution >= 4 is 5.91 Å². The number of piperazine rings is 1. The normalized spacial score (nSPS) is 15.8. The minimum absolute atomic E-state index is 0.136. The van der Waals surface area contributed by atoms with Crippen molar-refractivity contribution in [2.45, 2.75) is 6.54 Å². The van der Waals surface area contributed by atoms with Gasteiger partial charge in [-0.05, 0) is 5.56 Å². The van der Waals surface area contributed by atoms with Crippen LogP contribution >= 0.6 is 0 Å². The van der Waals surface area contributed by atoms with Crippen LogP contribution in [0.4, 0.5) is 0 Å². The van der Waals surface area contributed by atoms with Crippen LogP contribution in [0, 0.1) is 5.21 Å². The number of benzene rings is 1. The Balaban J connectivity index is 1.35. The first kappa shape index (κ1) is 17.4. The second-order valence-electron chi connectivity index (χ2n) is 6.31. The molecule has 1 aromatic heterocycles. The maximum absolute atomic E-state index is 12.0. The van der Waals surface area contributed by atoms with Gasteiger partial charge < -0.3 is 10.5 Å². The van der Waals surface area contributed by atoms with Gasteiger partial charge in [-0.15, -0.1) is 0 Å². The minimum Gasteiger partial charge on any atom is -0.619 e. The van der Waals surface area contributed by atoms with Gasteiger partial charge in [-0.1, -0.05) is 30.3 Å². The summed E-state index contributed by atoms with van der Waals surface area (Å²) in [5.74, 6) is -0.136. The molecule has 1 aromatic carbocycles. The summed E-state index contributed by atoms with van der Waals surface area (Å²) in [5.41, 5.74) is 1.87. The second kappa shape index (κ2) is 8.60. The molecule has 132 valence electrons. The molecule has 2 heterocycles. The van der Waals surface area contributed by atoms with Gasteiger partial charge in [0, 0.05) is 57.9 Å². The van der Waals surface area contributed by atoms with Crippen LogP contribution in [0.2, 0.25) is 0 Å². The molecule has 3 rings (SSSR count). The lowest BCUT2D eigenvalue weighted by Crippen LogP contribution is -2.48. The maximum Gasteiger partial charge on any atom is 0.251 e. The highest BCUT2D eigenvalue weighted by Gasteiger charge is 2.16. The molecule has 6 nitrogen and oxygen atoms in total. The lowest BCUT2D eigenvalue weighted by Gasteiger charge is -2.34. The average Bonchev–Trinajstić information content (AvgIpc) is 2.64. The Labute approximate surface area is 148 Å². The zero-order chi connectivity index (χ0) is 17.5. The minimum atomic E-state index is -0.136. The monoisotopic (exact) mass is 340 g/mol. The molecule has 1 fully saturated rings. The first-order valence-electron chi connectivity index (χ1n) is 8.66. The van der Waals surface area contributed by atoms with Crippen molar-refractivity contribution in [1.29, 1.82) is 0 Å². The van der Waals surface area contributed by atoms with Crippen molar-refractivity contribution in [2.24, 2.45) is 0 Å². The Bertz CT molecular complexity index is 668. The second-order valence-corrected chi connectivity index (χ2v) is 6.31. The van der Waals surface area contributed by atoms with E-state index in [1.807, 2.05) is 6.07 Å². The number of carbonyl (C=O) groups excluding carboxylic acids is 1. The number of rotatable bonds is 6. The molecule has 25 heavy (non-hydrogen) atoms. The summed E-state index contributed by atoms with van der Waals surface area (Å²) < 4.78 is 0.672. The third-order valence-corrected chi connectivity index (χ3v) is 4.49. The Morgan fingerprint density at radius 1 is 1.00 bits per heavy atom. The van der Waals surface area contributed by atoms with E-state index < -0.39 is 0 Å². The highest BCUT2D eigenvalue weighted by Crippen LogP contribution is 2.08. The van der Waals surface area contributed by atoms with E-state index in [4.69, 9.17) is 0 Å². The maximum atomic E-state index is 12.0. The van der Waals surface area contributed by atoms with E-state index >= 15 is 0 Å². The lowest BCUT2D eigenvalue weighted by molar-refractivity contribution is -0.605. The van der Waals surface area contributed by atoms with Gasteiger partial charge in [0.15, 0.2) is 12.4 Å². The lowest BCUT2D eigenvalue weighted by atomic mass is 10.2. The number of hydrogen-bond donors (Lipinski definition) is 1. The zero-order valence-corrected chi connectivity index (χ0v) is 14.3. The van der Waals surface area contributed by atoms with E-state index in [2.05, 4.69) is 39.4 Å². The predicted molar refractivity (Wildman–Crippen MR) is 95.9 cm³/mol. The average molecular weight is 340 g/mol. The standard InChI is InChI=1S/C19H24N4O2/c24-19(18-6-9-23(25)10-7-18)20-8-11-21-12-14-22(15-13-21)16-17-4-2-1-3-5-17/h1-7,9-10H,8,11-16H2,(H,20,24). The topological polar surface area (TPSA) is 62.5 Å². The SMILES string of the molecule is O=C(NCCN1CCN(Cc2ccccc2)CC1)c1cc[n+]([O-])cc1. The van der Waals surface area contributed by atoms with E-state index in [0.29, 0.717) is 16.8 Å². The van der Waals surface area contributed by atoms with Crippen LogP contribution in [0.3, 0.4) is 0 Å². The van der Waals surface area contributed by atoms with Gasteiger partial charge in [0.05, 0.1) is 5.56 Å². The van der Waals surface area contributed by atoms with E-state index in [0.717, 1.165) is 39.3 Å². The molecule has 0 bridgehead atoms. The van der Waals surface area contributed by atoms with Crippen LogP contribution in [0.1, 0.15) is 15.9 Å². The van der Waals surface area contributed by atoms with Crippen molar-refractivity contribution < 1.29 is 9.52 Å². The van der Waals surface area contributed by atoms with E-state index in [1.165, 1.54) is 30.1 Å². The zero-order valence-electron chi connectivity index (χ0n) is 14.3. The molecule has 0 spiro atoms. The van der Waals surface area contributed by atoms with Crippen molar-refractivity contribution in [3.8, 4) is 0 Å². The Morgan fingerprint density at radius 3 is 2.32 bits per heavy atom. The summed E-state index contributed by atoms with van der Waals surface area (Å²) in [6.07, 6.45) is 2.67. The van der Waals surface area contributed by atoms with Gasteiger partial charge in [-0.3, -0.25) is 14.6 Å². The summed E-state index contributed by atoms with van der Waals surface area (Å²) in [7, 11) is 0. The number of hydrogen-bond acceptors (Lipinski definition) is 4. The van der Waals surface area contributed by atoms with E-state index in [-0.39, 0.29) is 5.91 Å². The van der Waals surface area contributed by atoms with Crippen LogP contribution in [-0.4, -0.2) is 55.0 Å².